The van der Waals surface area contributed by atoms with E-state index in [0.29, 0.717) is 16.0 Å². The van der Waals surface area contributed by atoms with Crippen LogP contribution in [0.1, 0.15) is 5.69 Å². The van der Waals surface area contributed by atoms with Crippen molar-refractivity contribution >= 4 is 35.6 Å². The minimum atomic E-state index is 0. The van der Waals surface area contributed by atoms with Crippen LogP contribution in [0.3, 0.4) is 0 Å². The van der Waals surface area contributed by atoms with E-state index in [1.54, 1.807) is 12.1 Å². The van der Waals surface area contributed by atoms with E-state index in [2.05, 4.69) is 9.97 Å². The highest BCUT2D eigenvalue weighted by Gasteiger charge is 2.06. The zero-order chi connectivity index (χ0) is 10.8. The lowest BCUT2D eigenvalue weighted by Crippen LogP contribution is -1.92. The van der Waals surface area contributed by atoms with Crippen LogP contribution in [-0.4, -0.2) is 9.97 Å². The lowest BCUT2D eigenvalue weighted by Gasteiger charge is -2.03. The SMILES string of the molecule is Cc1cc(Cl)nc(-c2ccccc2Cl)n1.Cl. The first-order valence-electron chi connectivity index (χ1n) is 4.43. The number of hydrogen-bond acceptors (Lipinski definition) is 2. The average molecular weight is 276 g/mol. The van der Waals surface area contributed by atoms with Gasteiger partial charge in [-0.15, -0.1) is 12.4 Å². The molecule has 2 nitrogen and oxygen atoms in total. The van der Waals surface area contributed by atoms with Gasteiger partial charge in [0.2, 0.25) is 0 Å². The molecule has 0 unspecified atom stereocenters. The Kier molecular flexibility index (Phi) is 4.54. The molecular weight excluding hydrogens is 266 g/mol. The average Bonchev–Trinajstić information content (AvgIpc) is 2.16. The first-order chi connectivity index (χ1) is 7.16. The highest BCUT2D eigenvalue weighted by molar-refractivity contribution is 6.33. The third-order valence-electron chi connectivity index (χ3n) is 1.94. The summed E-state index contributed by atoms with van der Waals surface area (Å²) in [4.78, 5) is 8.42. The van der Waals surface area contributed by atoms with Crippen molar-refractivity contribution in [3.05, 3.63) is 46.2 Å². The standard InChI is InChI=1S/C11H8Cl2N2.ClH/c1-7-6-10(13)15-11(14-7)8-4-2-3-5-9(8)12;/h2-6H,1H3;1H. The number of hydrogen-bond donors (Lipinski definition) is 0. The zero-order valence-corrected chi connectivity index (χ0v) is 10.8. The van der Waals surface area contributed by atoms with E-state index < -0.39 is 0 Å². The molecule has 0 spiro atoms. The van der Waals surface area contributed by atoms with Crippen LogP contribution in [0.4, 0.5) is 0 Å². The van der Waals surface area contributed by atoms with E-state index in [4.69, 9.17) is 23.2 Å². The lowest BCUT2D eigenvalue weighted by molar-refractivity contribution is 1.11. The minimum Gasteiger partial charge on any atom is -0.233 e. The van der Waals surface area contributed by atoms with Crippen LogP contribution < -0.4 is 0 Å². The third kappa shape index (κ3) is 2.85. The quantitative estimate of drug-likeness (QED) is 0.730. The fourth-order valence-corrected chi connectivity index (χ4v) is 1.75. The molecule has 5 heteroatoms. The van der Waals surface area contributed by atoms with Gasteiger partial charge in [0.05, 0.1) is 5.02 Å². The van der Waals surface area contributed by atoms with Crippen LogP contribution in [0.5, 0.6) is 0 Å². The highest BCUT2D eigenvalue weighted by Crippen LogP contribution is 2.25. The number of benzene rings is 1. The van der Waals surface area contributed by atoms with Crippen molar-refractivity contribution < 1.29 is 0 Å². The van der Waals surface area contributed by atoms with Crippen molar-refractivity contribution in [3.63, 3.8) is 0 Å². The van der Waals surface area contributed by atoms with Gasteiger partial charge in [0.1, 0.15) is 5.15 Å². The van der Waals surface area contributed by atoms with Crippen LogP contribution in [0, 0.1) is 6.92 Å². The first-order valence-corrected chi connectivity index (χ1v) is 5.18. The molecule has 0 amide bonds. The second-order valence-corrected chi connectivity index (χ2v) is 3.93. The van der Waals surface area contributed by atoms with E-state index in [1.165, 1.54) is 0 Å². The molecule has 0 aliphatic heterocycles. The summed E-state index contributed by atoms with van der Waals surface area (Å²) in [6.07, 6.45) is 0. The zero-order valence-electron chi connectivity index (χ0n) is 8.45. The maximum atomic E-state index is 6.04. The Morgan fingerprint density at radius 2 is 1.75 bits per heavy atom. The van der Waals surface area contributed by atoms with Gasteiger partial charge in [-0.1, -0.05) is 35.3 Å². The van der Waals surface area contributed by atoms with Crippen LogP contribution in [0.15, 0.2) is 30.3 Å². The highest BCUT2D eigenvalue weighted by atomic mass is 35.5. The largest absolute Gasteiger partial charge is 0.233 e. The van der Waals surface area contributed by atoms with Gasteiger partial charge in [-0.25, -0.2) is 9.97 Å². The van der Waals surface area contributed by atoms with Crippen molar-refractivity contribution in [2.24, 2.45) is 0 Å². The van der Waals surface area contributed by atoms with Gasteiger partial charge >= 0.3 is 0 Å². The minimum absolute atomic E-state index is 0. The predicted molar refractivity (Wildman–Crippen MR) is 69.5 cm³/mol. The molecule has 1 aromatic carbocycles. The van der Waals surface area contributed by atoms with Crippen molar-refractivity contribution in [3.8, 4) is 11.4 Å². The molecule has 2 rings (SSSR count). The van der Waals surface area contributed by atoms with E-state index in [1.807, 2.05) is 25.1 Å². The van der Waals surface area contributed by atoms with E-state index >= 15 is 0 Å². The third-order valence-corrected chi connectivity index (χ3v) is 2.46. The Bertz CT molecular complexity index is 480. The summed E-state index contributed by atoms with van der Waals surface area (Å²) in [5, 5.41) is 1.05. The van der Waals surface area contributed by atoms with Gasteiger partial charge in [0.15, 0.2) is 5.82 Å². The van der Waals surface area contributed by atoms with E-state index in [9.17, 15) is 0 Å². The molecule has 0 saturated heterocycles. The Morgan fingerprint density at radius 3 is 2.38 bits per heavy atom. The molecule has 0 saturated carbocycles. The lowest BCUT2D eigenvalue weighted by atomic mass is 10.2. The van der Waals surface area contributed by atoms with E-state index in [0.717, 1.165) is 11.3 Å². The van der Waals surface area contributed by atoms with Crippen molar-refractivity contribution in [1.29, 1.82) is 0 Å². The van der Waals surface area contributed by atoms with Crippen molar-refractivity contribution in [2.75, 3.05) is 0 Å². The summed E-state index contributed by atoms with van der Waals surface area (Å²) in [5.74, 6) is 0.561. The number of aromatic nitrogens is 2. The van der Waals surface area contributed by atoms with Gasteiger partial charge in [0.25, 0.3) is 0 Å². The van der Waals surface area contributed by atoms with Gasteiger partial charge in [-0.2, -0.15) is 0 Å². The van der Waals surface area contributed by atoms with Gasteiger partial charge in [-0.3, -0.25) is 0 Å². The summed E-state index contributed by atoms with van der Waals surface area (Å²) in [7, 11) is 0. The molecule has 0 atom stereocenters. The molecule has 0 radical (unpaired) electrons. The molecule has 16 heavy (non-hydrogen) atoms. The van der Waals surface area contributed by atoms with Crippen molar-refractivity contribution in [2.45, 2.75) is 6.92 Å². The molecule has 0 aliphatic carbocycles. The Balaban J connectivity index is 0.00000128. The van der Waals surface area contributed by atoms with Crippen LogP contribution in [-0.2, 0) is 0 Å². The second kappa shape index (κ2) is 5.48. The van der Waals surface area contributed by atoms with Crippen LogP contribution in [0.25, 0.3) is 11.4 Å². The fourth-order valence-electron chi connectivity index (χ4n) is 1.29. The normalized spacial score (nSPS) is 9.69. The summed E-state index contributed by atoms with van der Waals surface area (Å²) < 4.78 is 0. The van der Waals surface area contributed by atoms with Gasteiger partial charge in [-0.05, 0) is 25.1 Å². The Labute approximate surface area is 110 Å². The number of aryl methyl sites for hydroxylation is 1. The Morgan fingerprint density at radius 1 is 1.06 bits per heavy atom. The van der Waals surface area contributed by atoms with Crippen LogP contribution in [0.2, 0.25) is 10.2 Å². The summed E-state index contributed by atoms with van der Waals surface area (Å²) in [6, 6.07) is 9.13. The monoisotopic (exact) mass is 274 g/mol. The fraction of sp³-hybridized carbons (Fsp3) is 0.0909. The molecule has 0 N–H and O–H groups in total. The molecule has 0 bridgehead atoms. The summed E-state index contributed by atoms with van der Waals surface area (Å²) >= 11 is 11.9. The molecule has 1 aromatic heterocycles. The molecule has 0 aliphatic rings. The van der Waals surface area contributed by atoms with Crippen molar-refractivity contribution in [1.82, 2.24) is 9.97 Å². The Hall–Kier alpha value is -0.830. The van der Waals surface area contributed by atoms with E-state index in [-0.39, 0.29) is 12.4 Å². The maximum absolute atomic E-state index is 6.04. The predicted octanol–water partition coefficient (Wildman–Crippen LogP) is 4.18. The van der Waals surface area contributed by atoms with Crippen LogP contribution >= 0.6 is 35.6 Å². The van der Waals surface area contributed by atoms with Gasteiger partial charge in [0, 0.05) is 11.3 Å². The number of rotatable bonds is 1. The molecule has 2 aromatic rings. The van der Waals surface area contributed by atoms with Gasteiger partial charge < -0.3 is 0 Å². The first kappa shape index (κ1) is 13.2. The number of halogens is 3. The molecular formula is C11H9Cl3N2. The maximum Gasteiger partial charge on any atom is 0.162 e. The topological polar surface area (TPSA) is 25.8 Å². The molecule has 84 valence electrons. The summed E-state index contributed by atoms with van der Waals surface area (Å²) in [6.45, 7) is 1.87. The second-order valence-electron chi connectivity index (χ2n) is 3.14. The smallest absolute Gasteiger partial charge is 0.162 e. The molecule has 0 fully saturated rings. The number of nitrogens with zero attached hydrogens (tertiary/aromatic N) is 2. The molecule has 1 heterocycles. The summed E-state index contributed by atoms with van der Waals surface area (Å²) in [5.41, 5.74) is 1.62.